The SMILES string of the molecule is CCCN(C[C@@H](O)COCc1ccccc1)C[C@]1(O)CC[C@H]2[C@]34C=C[C@@]5(C=C3C(=O)c3cccc(C(F)(F)F)c3)CC(O)CC[C@]5(C)[C@H]4CC[C@@]21C. The van der Waals surface area contributed by atoms with Crippen molar-refractivity contribution in [3.05, 3.63) is 95.1 Å². The summed E-state index contributed by atoms with van der Waals surface area (Å²) >= 11 is 0. The summed E-state index contributed by atoms with van der Waals surface area (Å²) in [7, 11) is 0. The number of rotatable bonds is 12. The van der Waals surface area contributed by atoms with Crippen LogP contribution in [0.2, 0.25) is 0 Å². The number of carbonyl (C=O) groups is 1. The Bertz CT molecular complexity index is 1710. The molecular formula is C43H54F3NO5. The average molecular weight is 722 g/mol. The van der Waals surface area contributed by atoms with Gasteiger partial charge >= 0.3 is 6.18 Å². The minimum absolute atomic E-state index is 0.0164. The third-order valence-electron chi connectivity index (χ3n) is 14.3. The molecule has 9 atom stereocenters. The van der Waals surface area contributed by atoms with Crippen LogP contribution in [0.5, 0.6) is 0 Å². The molecule has 3 fully saturated rings. The number of halogens is 3. The molecule has 2 spiro atoms. The van der Waals surface area contributed by atoms with Crippen molar-refractivity contribution in [1.82, 2.24) is 4.90 Å². The molecule has 0 aliphatic heterocycles. The second-order valence-electron chi connectivity index (χ2n) is 17.1. The lowest BCUT2D eigenvalue weighted by Crippen LogP contribution is -2.67. The Balaban J connectivity index is 1.20. The number of hydrogen-bond acceptors (Lipinski definition) is 6. The van der Waals surface area contributed by atoms with Crippen LogP contribution in [0.15, 0.2) is 78.4 Å². The molecule has 3 N–H and O–H groups in total. The van der Waals surface area contributed by atoms with E-state index in [1.165, 1.54) is 12.1 Å². The highest BCUT2D eigenvalue weighted by Gasteiger charge is 2.74. The van der Waals surface area contributed by atoms with E-state index in [2.05, 4.69) is 37.8 Å². The van der Waals surface area contributed by atoms with Gasteiger partial charge < -0.3 is 20.1 Å². The highest BCUT2D eigenvalue weighted by Crippen LogP contribution is 2.78. The summed E-state index contributed by atoms with van der Waals surface area (Å²) in [4.78, 5) is 16.9. The summed E-state index contributed by atoms with van der Waals surface area (Å²) in [6.07, 6.45) is 6.01. The maximum Gasteiger partial charge on any atom is 0.416 e. The second kappa shape index (κ2) is 13.5. The van der Waals surface area contributed by atoms with Crippen LogP contribution < -0.4 is 0 Å². The minimum atomic E-state index is -4.58. The zero-order valence-corrected chi connectivity index (χ0v) is 30.7. The Morgan fingerprint density at radius 3 is 2.42 bits per heavy atom. The molecule has 0 amide bonds. The minimum Gasteiger partial charge on any atom is -0.393 e. The van der Waals surface area contributed by atoms with Crippen LogP contribution in [0.1, 0.15) is 93.6 Å². The molecule has 1 unspecified atom stereocenters. The molecule has 0 radical (unpaired) electrons. The van der Waals surface area contributed by atoms with E-state index in [-0.39, 0.29) is 29.4 Å². The maximum absolute atomic E-state index is 14.7. The Morgan fingerprint density at radius 2 is 1.69 bits per heavy atom. The van der Waals surface area contributed by atoms with Crippen molar-refractivity contribution in [3.8, 4) is 0 Å². The van der Waals surface area contributed by atoms with E-state index in [1.807, 2.05) is 36.4 Å². The van der Waals surface area contributed by atoms with Crippen LogP contribution in [-0.4, -0.2) is 70.1 Å². The predicted molar refractivity (Wildman–Crippen MR) is 193 cm³/mol. The number of carbonyl (C=O) groups excluding carboxylic acids is 1. The molecule has 8 rings (SSSR count). The van der Waals surface area contributed by atoms with Crippen molar-refractivity contribution in [2.24, 2.45) is 33.5 Å². The van der Waals surface area contributed by atoms with Gasteiger partial charge in [0.05, 0.1) is 36.6 Å². The fourth-order valence-electron chi connectivity index (χ4n) is 11.7. The first-order chi connectivity index (χ1) is 24.6. The first kappa shape index (κ1) is 37.5. The number of Topliss-reactive ketones (excluding diaryl/α,β-unsaturated/α-hetero) is 1. The average Bonchev–Trinajstić information content (AvgIpc) is 3.37. The molecule has 2 aromatic carbocycles. The number of hydrogen-bond donors (Lipinski definition) is 3. The third kappa shape index (κ3) is 5.94. The number of aliphatic hydroxyl groups excluding tert-OH is 2. The van der Waals surface area contributed by atoms with Crippen molar-refractivity contribution in [2.75, 3.05) is 26.2 Å². The summed E-state index contributed by atoms with van der Waals surface area (Å²) in [6.45, 7) is 8.50. The second-order valence-corrected chi connectivity index (χ2v) is 17.1. The third-order valence-corrected chi connectivity index (χ3v) is 14.3. The molecular weight excluding hydrogens is 667 g/mol. The number of ether oxygens (including phenoxy) is 1. The molecule has 6 aliphatic carbocycles. The Kier molecular flexibility index (Phi) is 9.72. The molecule has 0 saturated heterocycles. The highest BCUT2D eigenvalue weighted by atomic mass is 19.4. The van der Waals surface area contributed by atoms with Gasteiger partial charge in [0.2, 0.25) is 0 Å². The first-order valence-electron chi connectivity index (χ1n) is 19.2. The summed E-state index contributed by atoms with van der Waals surface area (Å²) in [5.41, 5.74) is -2.61. The fraction of sp³-hybridized carbons (Fsp3) is 0.605. The van der Waals surface area contributed by atoms with Gasteiger partial charge in [-0.2, -0.15) is 13.2 Å². The molecule has 3 saturated carbocycles. The van der Waals surface area contributed by atoms with Crippen molar-refractivity contribution in [2.45, 2.75) is 103 Å². The van der Waals surface area contributed by atoms with E-state index in [0.29, 0.717) is 57.5 Å². The van der Waals surface area contributed by atoms with E-state index in [0.717, 1.165) is 43.4 Å². The summed E-state index contributed by atoms with van der Waals surface area (Å²) < 4.78 is 47.4. The van der Waals surface area contributed by atoms with Crippen molar-refractivity contribution in [1.29, 1.82) is 0 Å². The van der Waals surface area contributed by atoms with E-state index < -0.39 is 51.6 Å². The number of ketones is 1. The molecule has 6 aliphatic rings. The number of nitrogens with zero attached hydrogens (tertiary/aromatic N) is 1. The monoisotopic (exact) mass is 721 g/mol. The topological polar surface area (TPSA) is 90.2 Å². The van der Waals surface area contributed by atoms with E-state index in [4.69, 9.17) is 4.74 Å². The quantitative estimate of drug-likeness (QED) is 0.153. The predicted octanol–water partition coefficient (Wildman–Crippen LogP) is 7.77. The van der Waals surface area contributed by atoms with Crippen LogP contribution >= 0.6 is 0 Å². The number of aliphatic hydroxyl groups is 3. The van der Waals surface area contributed by atoms with Crippen molar-refractivity contribution in [3.63, 3.8) is 0 Å². The largest absolute Gasteiger partial charge is 0.416 e. The first-order valence-corrected chi connectivity index (χ1v) is 19.2. The van der Waals surface area contributed by atoms with Crippen LogP contribution in [0.3, 0.4) is 0 Å². The normalized spacial score (nSPS) is 37.0. The van der Waals surface area contributed by atoms with Crippen LogP contribution in [-0.2, 0) is 17.5 Å². The summed E-state index contributed by atoms with van der Waals surface area (Å²) in [6, 6.07) is 14.6. The molecule has 282 valence electrons. The van der Waals surface area contributed by atoms with Crippen LogP contribution in [0.4, 0.5) is 13.2 Å². The molecule has 0 heterocycles. The van der Waals surface area contributed by atoms with Gasteiger partial charge in [-0.15, -0.1) is 0 Å². The Hall–Kier alpha value is -2.82. The summed E-state index contributed by atoms with van der Waals surface area (Å²) in [5.74, 6) is -0.499. The molecule has 6 nitrogen and oxygen atoms in total. The molecule has 0 aromatic heterocycles. The number of alkyl halides is 3. The van der Waals surface area contributed by atoms with E-state index in [9.17, 15) is 33.3 Å². The fourth-order valence-corrected chi connectivity index (χ4v) is 11.7. The zero-order valence-electron chi connectivity index (χ0n) is 30.7. The van der Waals surface area contributed by atoms with Gasteiger partial charge in [-0.25, -0.2) is 0 Å². The Morgan fingerprint density at radius 1 is 0.981 bits per heavy atom. The lowest BCUT2D eigenvalue weighted by molar-refractivity contribution is -0.177. The molecule has 52 heavy (non-hydrogen) atoms. The smallest absolute Gasteiger partial charge is 0.393 e. The van der Waals surface area contributed by atoms with Gasteiger partial charge in [0.15, 0.2) is 5.78 Å². The van der Waals surface area contributed by atoms with Gasteiger partial charge in [0.1, 0.15) is 0 Å². The highest BCUT2D eigenvalue weighted by molar-refractivity contribution is 6.10. The van der Waals surface area contributed by atoms with E-state index >= 15 is 0 Å². The lowest BCUT2D eigenvalue weighted by Gasteiger charge is -2.71. The van der Waals surface area contributed by atoms with Gasteiger partial charge in [0, 0.05) is 40.5 Å². The lowest BCUT2D eigenvalue weighted by atomic mass is 9.32. The molecule has 2 aromatic rings. The zero-order chi connectivity index (χ0) is 37.2. The van der Waals surface area contributed by atoms with Crippen LogP contribution in [0.25, 0.3) is 0 Å². The Labute approximate surface area is 305 Å². The summed E-state index contributed by atoms with van der Waals surface area (Å²) in [5, 5.41) is 34.9. The maximum atomic E-state index is 14.7. The van der Waals surface area contributed by atoms with Gasteiger partial charge in [0.25, 0.3) is 0 Å². The van der Waals surface area contributed by atoms with Crippen LogP contribution in [0, 0.1) is 33.5 Å². The standard InChI is InChI=1S/C43H54F3NO5/c1-4-21-47(25-33(49)27-52-26-29-9-6-5-7-10-29)28-41(51)18-15-36-39(41,3)17-14-35-38(2)16-13-32(48)23-40(38)19-20-42(35,36)34(24-40)37(50)30-11-8-12-31(22-30)43(44,45)46/h5-12,19-20,22,24,32-33,35-36,48-49,51H,4,13-18,21,23,25-28H2,1-3H3/t32?,33-,35-,36-,38-,39+,40+,41-,42-/m1/s1. The van der Waals surface area contributed by atoms with E-state index in [1.54, 1.807) is 0 Å². The molecule has 2 bridgehead atoms. The number of allylic oxidation sites excluding steroid dienone is 4. The molecule has 9 heteroatoms. The van der Waals surface area contributed by atoms with Gasteiger partial charge in [-0.3, -0.25) is 9.69 Å². The van der Waals surface area contributed by atoms with Gasteiger partial charge in [-0.05, 0) is 92.9 Å². The van der Waals surface area contributed by atoms with Crippen molar-refractivity contribution >= 4 is 5.78 Å². The van der Waals surface area contributed by atoms with Gasteiger partial charge in [-0.1, -0.05) is 81.5 Å². The number of benzene rings is 2. The van der Waals surface area contributed by atoms with Crippen molar-refractivity contribution < 1.29 is 38.0 Å². The number of fused-ring (bicyclic) bond motifs is 1.